The minimum absolute atomic E-state index is 0.0978. The summed E-state index contributed by atoms with van der Waals surface area (Å²) in [7, 11) is 0. The quantitative estimate of drug-likeness (QED) is 0.865. The zero-order valence-electron chi connectivity index (χ0n) is 14.3. The summed E-state index contributed by atoms with van der Waals surface area (Å²) < 4.78 is 5.47. The fourth-order valence-electron chi connectivity index (χ4n) is 4.48. The van der Waals surface area contributed by atoms with E-state index in [4.69, 9.17) is 4.74 Å². The number of ether oxygens (including phenoxy) is 1. The summed E-state index contributed by atoms with van der Waals surface area (Å²) in [6.45, 7) is 6.66. The Morgan fingerprint density at radius 2 is 1.96 bits per heavy atom. The third-order valence-electron chi connectivity index (χ3n) is 5.57. The molecular weight excluding hydrogens is 310 g/mol. The number of hydrogen-bond donors (Lipinski definition) is 2. The maximum atomic E-state index is 12.3. The van der Waals surface area contributed by atoms with Gasteiger partial charge in [0.15, 0.2) is 0 Å². The van der Waals surface area contributed by atoms with E-state index in [9.17, 15) is 14.7 Å². The molecule has 0 saturated heterocycles. The number of aliphatic carboxylic acids is 1. The highest BCUT2D eigenvalue weighted by atomic mass is 16.6. The van der Waals surface area contributed by atoms with Crippen molar-refractivity contribution in [2.24, 2.45) is 5.41 Å². The van der Waals surface area contributed by atoms with E-state index in [-0.39, 0.29) is 11.5 Å². The first-order valence-electron chi connectivity index (χ1n) is 8.42. The molecule has 0 radical (unpaired) electrons. The molecule has 0 spiro atoms. The van der Waals surface area contributed by atoms with Crippen molar-refractivity contribution in [3.8, 4) is 0 Å². The van der Waals surface area contributed by atoms with Crippen molar-refractivity contribution >= 4 is 12.1 Å². The van der Waals surface area contributed by atoms with Crippen LogP contribution in [0.1, 0.15) is 57.0 Å². The molecular formula is C17H23N3O4. The zero-order chi connectivity index (χ0) is 17.3. The molecule has 7 heteroatoms. The molecule has 3 saturated carbocycles. The second-order valence-corrected chi connectivity index (χ2v) is 8.58. The number of rotatable bonds is 2. The SMILES string of the molecule is CC(C)(C)OC(=O)N1CCc2[nH]nc(C34CC(C(=O)O)(C3)C4)c2C1. The Balaban J connectivity index is 1.52. The topological polar surface area (TPSA) is 95.5 Å². The second kappa shape index (κ2) is 4.52. The van der Waals surface area contributed by atoms with Crippen molar-refractivity contribution in [2.45, 2.75) is 64.0 Å². The van der Waals surface area contributed by atoms with Crippen LogP contribution in [0.4, 0.5) is 4.79 Å². The van der Waals surface area contributed by atoms with Crippen molar-refractivity contribution in [3.63, 3.8) is 0 Å². The summed E-state index contributed by atoms with van der Waals surface area (Å²) in [6, 6.07) is 0. The van der Waals surface area contributed by atoms with Gasteiger partial charge in [-0.3, -0.25) is 9.89 Å². The number of nitrogens with zero attached hydrogens (tertiary/aromatic N) is 2. The highest BCUT2D eigenvalue weighted by Gasteiger charge is 2.73. The van der Waals surface area contributed by atoms with E-state index < -0.39 is 17.0 Å². The molecule has 7 nitrogen and oxygen atoms in total. The molecule has 4 aliphatic rings. The van der Waals surface area contributed by atoms with Crippen molar-refractivity contribution in [1.29, 1.82) is 0 Å². The van der Waals surface area contributed by atoms with E-state index >= 15 is 0 Å². The fourth-order valence-corrected chi connectivity index (χ4v) is 4.48. The predicted molar refractivity (Wildman–Crippen MR) is 84.5 cm³/mol. The van der Waals surface area contributed by atoms with Crippen LogP contribution in [0.15, 0.2) is 0 Å². The highest BCUT2D eigenvalue weighted by molar-refractivity contribution is 5.81. The van der Waals surface area contributed by atoms with Gasteiger partial charge in [-0.1, -0.05) is 0 Å². The van der Waals surface area contributed by atoms with Crippen molar-refractivity contribution in [3.05, 3.63) is 17.0 Å². The molecule has 3 fully saturated rings. The normalized spacial score (nSPS) is 30.9. The van der Waals surface area contributed by atoms with Gasteiger partial charge in [0.2, 0.25) is 0 Å². The smallest absolute Gasteiger partial charge is 0.410 e. The summed E-state index contributed by atoms with van der Waals surface area (Å²) in [5.74, 6) is -0.691. The molecule has 3 aliphatic carbocycles. The lowest BCUT2D eigenvalue weighted by Gasteiger charge is -2.67. The average molecular weight is 333 g/mol. The number of carboxylic acids is 1. The number of nitrogens with one attached hydrogen (secondary N) is 1. The van der Waals surface area contributed by atoms with Crippen LogP contribution in [0.2, 0.25) is 0 Å². The number of carbonyl (C=O) groups excluding carboxylic acids is 1. The second-order valence-electron chi connectivity index (χ2n) is 8.58. The largest absolute Gasteiger partial charge is 0.481 e. The Kier molecular flexibility index (Phi) is 2.91. The Labute approximate surface area is 140 Å². The van der Waals surface area contributed by atoms with Gasteiger partial charge in [0.25, 0.3) is 0 Å². The van der Waals surface area contributed by atoms with Crippen LogP contribution >= 0.6 is 0 Å². The van der Waals surface area contributed by atoms with Gasteiger partial charge in [0, 0.05) is 29.6 Å². The van der Waals surface area contributed by atoms with Crippen LogP contribution in [-0.2, 0) is 27.9 Å². The van der Waals surface area contributed by atoms with Crippen LogP contribution in [0.5, 0.6) is 0 Å². The van der Waals surface area contributed by atoms with Crippen LogP contribution < -0.4 is 0 Å². The van der Waals surface area contributed by atoms with Crippen LogP contribution in [0.25, 0.3) is 0 Å². The van der Waals surface area contributed by atoms with E-state index in [2.05, 4.69) is 10.2 Å². The Morgan fingerprint density at radius 1 is 1.29 bits per heavy atom. The first-order valence-corrected chi connectivity index (χ1v) is 8.42. The molecule has 2 bridgehead atoms. The standard InChI is InChI=1S/C17H23N3O4/c1-15(2,3)24-14(23)20-5-4-11-10(6-20)12(19-18-11)16-7-17(8-16,9-16)13(21)22/h4-9H2,1-3H3,(H,18,19)(H,21,22). The summed E-state index contributed by atoms with van der Waals surface area (Å²) >= 11 is 0. The molecule has 2 N–H and O–H groups in total. The fraction of sp³-hybridized carbons (Fsp3) is 0.706. The van der Waals surface area contributed by atoms with Gasteiger partial charge >= 0.3 is 12.1 Å². The van der Waals surface area contributed by atoms with Crippen molar-refractivity contribution < 1.29 is 19.4 Å². The van der Waals surface area contributed by atoms with E-state index in [1.165, 1.54) is 0 Å². The lowest BCUT2D eigenvalue weighted by molar-refractivity contribution is -0.195. The average Bonchev–Trinajstić information content (AvgIpc) is 2.76. The predicted octanol–water partition coefficient (Wildman–Crippen LogP) is 2.21. The number of hydrogen-bond acceptors (Lipinski definition) is 4. The Bertz CT molecular complexity index is 711. The summed E-state index contributed by atoms with van der Waals surface area (Å²) in [5, 5.41) is 16.9. The molecule has 1 aromatic heterocycles. The first kappa shape index (κ1) is 15.5. The molecule has 1 aliphatic heterocycles. The molecule has 0 unspecified atom stereocenters. The molecule has 0 atom stereocenters. The van der Waals surface area contributed by atoms with Crippen molar-refractivity contribution in [1.82, 2.24) is 15.1 Å². The molecule has 1 aromatic rings. The number of carbonyl (C=O) groups is 2. The van der Waals surface area contributed by atoms with Gasteiger partial charge in [-0.15, -0.1) is 0 Å². The number of fused-ring (bicyclic) bond motifs is 1. The minimum Gasteiger partial charge on any atom is -0.481 e. The van der Waals surface area contributed by atoms with Gasteiger partial charge < -0.3 is 14.7 Å². The van der Waals surface area contributed by atoms with E-state index in [0.29, 0.717) is 32.4 Å². The zero-order valence-corrected chi connectivity index (χ0v) is 14.3. The van der Waals surface area contributed by atoms with Crippen LogP contribution in [-0.4, -0.2) is 44.4 Å². The monoisotopic (exact) mass is 333 g/mol. The molecule has 24 heavy (non-hydrogen) atoms. The molecule has 130 valence electrons. The maximum Gasteiger partial charge on any atom is 0.410 e. The van der Waals surface area contributed by atoms with E-state index in [0.717, 1.165) is 23.4 Å². The van der Waals surface area contributed by atoms with E-state index in [1.807, 2.05) is 20.8 Å². The van der Waals surface area contributed by atoms with Crippen LogP contribution in [0.3, 0.4) is 0 Å². The lowest BCUT2D eigenvalue weighted by Crippen LogP contribution is -2.68. The molecule has 1 amide bonds. The first-order chi connectivity index (χ1) is 11.1. The number of aromatic amines is 1. The Hall–Kier alpha value is -2.05. The van der Waals surface area contributed by atoms with Gasteiger partial charge in [0.1, 0.15) is 5.60 Å². The van der Waals surface area contributed by atoms with Gasteiger partial charge in [-0.25, -0.2) is 4.79 Å². The number of carboxylic acid groups (broad SMARTS) is 1. The minimum atomic E-state index is -0.691. The number of H-pyrrole nitrogens is 1. The Morgan fingerprint density at radius 3 is 2.54 bits per heavy atom. The number of amides is 1. The summed E-state index contributed by atoms with van der Waals surface area (Å²) in [4.78, 5) is 25.4. The third-order valence-corrected chi connectivity index (χ3v) is 5.57. The third kappa shape index (κ3) is 2.06. The lowest BCUT2D eigenvalue weighted by atomic mass is 9.34. The maximum absolute atomic E-state index is 12.3. The molecule has 0 aromatic carbocycles. The van der Waals surface area contributed by atoms with E-state index in [1.54, 1.807) is 4.90 Å². The van der Waals surface area contributed by atoms with Gasteiger partial charge in [-0.05, 0) is 40.0 Å². The highest BCUT2D eigenvalue weighted by Crippen LogP contribution is 2.73. The summed E-state index contributed by atoms with van der Waals surface area (Å²) in [5.41, 5.74) is 1.96. The number of aromatic nitrogens is 2. The van der Waals surface area contributed by atoms with Gasteiger partial charge in [0.05, 0.1) is 17.7 Å². The van der Waals surface area contributed by atoms with Gasteiger partial charge in [-0.2, -0.15) is 5.10 Å². The van der Waals surface area contributed by atoms with Crippen LogP contribution in [0, 0.1) is 5.41 Å². The molecule has 5 rings (SSSR count). The van der Waals surface area contributed by atoms with Crippen molar-refractivity contribution in [2.75, 3.05) is 6.54 Å². The summed E-state index contributed by atoms with van der Waals surface area (Å²) in [6.07, 6.45) is 2.42. The molecule has 2 heterocycles.